The van der Waals surface area contributed by atoms with Crippen LogP contribution in [-0.4, -0.2) is 25.5 Å². The zero-order valence-corrected chi connectivity index (χ0v) is 13.1. The van der Waals surface area contributed by atoms with Gasteiger partial charge in [-0.2, -0.15) is 10.2 Å². The molecule has 2 aromatic heterocycles. The Morgan fingerprint density at radius 1 is 1.25 bits per heavy atom. The number of alkyl halides is 4. The SMILES string of the molecule is CCn1ncc(CNC(=O)Cn2nc(C(F)F)cc2C(F)F)c1C. The van der Waals surface area contributed by atoms with Crippen molar-refractivity contribution in [2.24, 2.45) is 0 Å². The topological polar surface area (TPSA) is 64.7 Å². The standard InChI is InChI=1S/C14H17F4N5O/c1-3-22-8(2)9(6-20-22)5-19-12(24)7-23-11(14(17)18)4-10(21-23)13(15)16/h4,6,13-14H,3,5,7H2,1-2H3,(H,19,24). The third-order valence-electron chi connectivity index (χ3n) is 3.55. The largest absolute Gasteiger partial charge is 0.350 e. The van der Waals surface area contributed by atoms with E-state index in [0.717, 1.165) is 11.3 Å². The van der Waals surface area contributed by atoms with Crippen LogP contribution >= 0.6 is 0 Å². The molecule has 0 saturated carbocycles. The summed E-state index contributed by atoms with van der Waals surface area (Å²) in [7, 11) is 0. The number of amides is 1. The zero-order valence-electron chi connectivity index (χ0n) is 13.1. The molecule has 0 unspecified atom stereocenters. The summed E-state index contributed by atoms with van der Waals surface area (Å²) in [5.74, 6) is -0.607. The Morgan fingerprint density at radius 2 is 1.96 bits per heavy atom. The summed E-state index contributed by atoms with van der Waals surface area (Å²) in [5.41, 5.74) is 0.173. The van der Waals surface area contributed by atoms with E-state index in [1.807, 2.05) is 13.8 Å². The summed E-state index contributed by atoms with van der Waals surface area (Å²) >= 11 is 0. The molecular weight excluding hydrogens is 330 g/mol. The summed E-state index contributed by atoms with van der Waals surface area (Å²) < 4.78 is 53.2. The number of hydrogen-bond acceptors (Lipinski definition) is 3. The van der Waals surface area contributed by atoms with Crippen molar-refractivity contribution < 1.29 is 22.4 Å². The van der Waals surface area contributed by atoms with Crippen LogP contribution in [-0.2, 0) is 24.4 Å². The molecule has 0 bridgehead atoms. The van der Waals surface area contributed by atoms with Gasteiger partial charge in [-0.1, -0.05) is 0 Å². The molecule has 10 heteroatoms. The highest BCUT2D eigenvalue weighted by Gasteiger charge is 2.22. The van der Waals surface area contributed by atoms with Gasteiger partial charge in [-0.25, -0.2) is 17.6 Å². The average Bonchev–Trinajstić information content (AvgIpc) is 3.09. The monoisotopic (exact) mass is 347 g/mol. The van der Waals surface area contributed by atoms with Gasteiger partial charge in [0, 0.05) is 24.3 Å². The predicted octanol–water partition coefficient (Wildman–Crippen LogP) is 2.60. The van der Waals surface area contributed by atoms with Gasteiger partial charge < -0.3 is 5.32 Å². The van der Waals surface area contributed by atoms with Gasteiger partial charge in [-0.05, 0) is 19.9 Å². The van der Waals surface area contributed by atoms with Crippen LogP contribution in [0.3, 0.4) is 0 Å². The van der Waals surface area contributed by atoms with Gasteiger partial charge in [-0.3, -0.25) is 14.2 Å². The van der Waals surface area contributed by atoms with E-state index in [-0.39, 0.29) is 6.54 Å². The number of aromatic nitrogens is 4. The maximum atomic E-state index is 12.9. The lowest BCUT2D eigenvalue weighted by atomic mass is 10.2. The van der Waals surface area contributed by atoms with E-state index in [1.54, 1.807) is 10.9 Å². The maximum Gasteiger partial charge on any atom is 0.282 e. The third kappa shape index (κ3) is 3.92. The van der Waals surface area contributed by atoms with Crippen LogP contribution in [0.1, 0.15) is 42.4 Å². The van der Waals surface area contributed by atoms with Crippen LogP contribution in [0.2, 0.25) is 0 Å². The molecular formula is C14H17F4N5O. The predicted molar refractivity (Wildman–Crippen MR) is 76.6 cm³/mol. The van der Waals surface area contributed by atoms with Crippen molar-refractivity contribution in [2.75, 3.05) is 0 Å². The summed E-state index contributed by atoms with van der Waals surface area (Å²) in [6.07, 6.45) is -4.37. The van der Waals surface area contributed by atoms with Crippen LogP contribution in [0.25, 0.3) is 0 Å². The fraction of sp³-hybridized carbons (Fsp3) is 0.500. The van der Waals surface area contributed by atoms with Crippen molar-refractivity contribution in [1.29, 1.82) is 0 Å². The van der Waals surface area contributed by atoms with E-state index in [9.17, 15) is 22.4 Å². The van der Waals surface area contributed by atoms with E-state index in [1.165, 1.54) is 0 Å². The third-order valence-corrected chi connectivity index (χ3v) is 3.55. The van der Waals surface area contributed by atoms with Gasteiger partial charge in [-0.15, -0.1) is 0 Å². The van der Waals surface area contributed by atoms with Gasteiger partial charge in [0.2, 0.25) is 5.91 Å². The fourth-order valence-corrected chi connectivity index (χ4v) is 2.22. The Kier molecular flexibility index (Phi) is 5.58. The summed E-state index contributed by atoms with van der Waals surface area (Å²) in [5, 5.41) is 10.0. The summed E-state index contributed by atoms with van der Waals surface area (Å²) in [6, 6.07) is 0.609. The Hall–Kier alpha value is -2.39. The maximum absolute atomic E-state index is 12.9. The first kappa shape index (κ1) is 18.0. The molecule has 1 amide bonds. The highest BCUT2D eigenvalue weighted by atomic mass is 19.3. The van der Waals surface area contributed by atoms with Gasteiger partial charge in [0.05, 0.1) is 6.20 Å². The molecule has 2 heterocycles. The second kappa shape index (κ2) is 7.45. The van der Waals surface area contributed by atoms with Crippen molar-refractivity contribution in [3.05, 3.63) is 34.9 Å². The molecule has 6 nitrogen and oxygen atoms in total. The summed E-state index contributed by atoms with van der Waals surface area (Å²) in [4.78, 5) is 11.9. The molecule has 2 rings (SSSR count). The summed E-state index contributed by atoms with van der Waals surface area (Å²) in [6.45, 7) is 4.05. The first-order valence-corrected chi connectivity index (χ1v) is 7.25. The molecule has 132 valence electrons. The number of carbonyl (C=O) groups is 1. The van der Waals surface area contributed by atoms with Crippen molar-refractivity contribution in [1.82, 2.24) is 24.9 Å². The molecule has 2 aromatic rings. The van der Waals surface area contributed by atoms with Crippen LogP contribution < -0.4 is 5.32 Å². The Morgan fingerprint density at radius 3 is 2.50 bits per heavy atom. The van der Waals surface area contributed by atoms with Crippen LogP contribution in [0.4, 0.5) is 17.6 Å². The highest BCUT2D eigenvalue weighted by Crippen LogP contribution is 2.24. The molecule has 0 saturated heterocycles. The average molecular weight is 347 g/mol. The van der Waals surface area contributed by atoms with Crippen molar-refractivity contribution in [3.63, 3.8) is 0 Å². The van der Waals surface area contributed by atoms with E-state index in [2.05, 4.69) is 15.5 Å². The molecule has 0 aromatic carbocycles. The first-order valence-electron chi connectivity index (χ1n) is 7.25. The number of nitrogens with zero attached hydrogens (tertiary/aromatic N) is 4. The number of hydrogen-bond donors (Lipinski definition) is 1. The normalized spacial score (nSPS) is 11.5. The molecule has 1 N–H and O–H groups in total. The minimum Gasteiger partial charge on any atom is -0.350 e. The minimum atomic E-state index is -3.00. The quantitative estimate of drug-likeness (QED) is 0.783. The molecule has 24 heavy (non-hydrogen) atoms. The van der Waals surface area contributed by atoms with Crippen molar-refractivity contribution >= 4 is 5.91 Å². The fourth-order valence-electron chi connectivity index (χ4n) is 2.22. The Bertz CT molecular complexity index is 710. The van der Waals surface area contributed by atoms with Gasteiger partial charge in [0.15, 0.2) is 0 Å². The van der Waals surface area contributed by atoms with E-state index < -0.39 is 36.7 Å². The number of rotatable bonds is 7. The lowest BCUT2D eigenvalue weighted by Crippen LogP contribution is -2.28. The number of carbonyl (C=O) groups excluding carboxylic acids is 1. The minimum absolute atomic E-state index is 0.164. The molecule has 0 spiro atoms. The van der Waals surface area contributed by atoms with Gasteiger partial charge in [0.1, 0.15) is 17.9 Å². The Labute approximate surface area is 135 Å². The molecule has 0 fully saturated rings. The smallest absolute Gasteiger partial charge is 0.282 e. The molecule has 0 aliphatic rings. The number of halogens is 4. The van der Waals surface area contributed by atoms with Crippen LogP contribution in [0.15, 0.2) is 12.3 Å². The van der Waals surface area contributed by atoms with Crippen LogP contribution in [0, 0.1) is 6.92 Å². The van der Waals surface area contributed by atoms with Crippen molar-refractivity contribution in [3.8, 4) is 0 Å². The van der Waals surface area contributed by atoms with Crippen molar-refractivity contribution in [2.45, 2.75) is 46.3 Å². The van der Waals surface area contributed by atoms with E-state index in [0.29, 0.717) is 17.3 Å². The molecule has 0 atom stereocenters. The lowest BCUT2D eigenvalue weighted by Gasteiger charge is -2.08. The number of aryl methyl sites for hydroxylation is 1. The second-order valence-corrected chi connectivity index (χ2v) is 5.10. The van der Waals surface area contributed by atoms with E-state index in [4.69, 9.17) is 0 Å². The van der Waals surface area contributed by atoms with E-state index >= 15 is 0 Å². The van der Waals surface area contributed by atoms with Gasteiger partial charge in [0.25, 0.3) is 12.9 Å². The molecule has 0 aliphatic heterocycles. The lowest BCUT2D eigenvalue weighted by molar-refractivity contribution is -0.122. The zero-order chi connectivity index (χ0) is 17.9. The van der Waals surface area contributed by atoms with Crippen LogP contribution in [0.5, 0.6) is 0 Å². The number of nitrogens with one attached hydrogen (secondary N) is 1. The van der Waals surface area contributed by atoms with Gasteiger partial charge >= 0.3 is 0 Å². The highest BCUT2D eigenvalue weighted by molar-refractivity contribution is 5.75. The Balaban J connectivity index is 2.03. The first-order chi connectivity index (χ1) is 11.3. The second-order valence-electron chi connectivity index (χ2n) is 5.10. The molecule has 0 aliphatic carbocycles. The molecule has 0 radical (unpaired) electrons.